The van der Waals surface area contributed by atoms with Crippen LogP contribution in [0.3, 0.4) is 0 Å². The third-order valence-electron chi connectivity index (χ3n) is 7.55. The highest BCUT2D eigenvalue weighted by molar-refractivity contribution is 5.85. The third-order valence-corrected chi connectivity index (χ3v) is 7.55. The molecule has 3 unspecified atom stereocenters. The molecule has 5 heteroatoms. The molecule has 0 saturated carbocycles. The fourth-order valence-electron chi connectivity index (χ4n) is 5.53. The molecule has 0 amide bonds. The van der Waals surface area contributed by atoms with E-state index in [0.717, 1.165) is 28.5 Å². The number of carbonyl (C=O) groups is 1. The van der Waals surface area contributed by atoms with E-state index in [2.05, 4.69) is 14.1 Å². The van der Waals surface area contributed by atoms with Gasteiger partial charge in [0.25, 0.3) is 0 Å². The molecule has 5 rings (SSSR count). The molecule has 3 aliphatic rings. The van der Waals surface area contributed by atoms with Crippen LogP contribution in [0.4, 0.5) is 0 Å². The van der Waals surface area contributed by atoms with Crippen molar-refractivity contribution in [3.63, 3.8) is 0 Å². The zero-order valence-corrected chi connectivity index (χ0v) is 18.0. The number of aliphatic hydroxyl groups is 1. The maximum Gasteiger partial charge on any atom is 0.347 e. The minimum atomic E-state index is -1.83. The summed E-state index contributed by atoms with van der Waals surface area (Å²) in [6.07, 6.45) is 1.93. The van der Waals surface area contributed by atoms with Crippen LogP contribution in [0.15, 0.2) is 48.5 Å². The summed E-state index contributed by atoms with van der Waals surface area (Å²) in [5.41, 5.74) is 1.37. The molecule has 2 aromatic carbocycles. The Morgan fingerprint density at radius 1 is 0.933 bits per heavy atom. The maximum absolute atomic E-state index is 13.5. The normalized spacial score (nSPS) is 31.2. The van der Waals surface area contributed by atoms with Crippen molar-refractivity contribution in [3.8, 4) is 0 Å². The molecule has 3 aliphatic heterocycles. The van der Waals surface area contributed by atoms with Crippen molar-refractivity contribution < 1.29 is 23.9 Å². The summed E-state index contributed by atoms with van der Waals surface area (Å²) >= 11 is 0. The molecule has 0 aromatic heterocycles. The van der Waals surface area contributed by atoms with E-state index in [1.54, 1.807) is 0 Å². The molecule has 3 fully saturated rings. The lowest BCUT2D eigenvalue weighted by Crippen LogP contribution is -2.60. The molecule has 158 valence electrons. The number of quaternary nitrogens is 1. The standard InChI is InChI=1S/C25H30NO4/c1-15-5-9-17(10-6-15)25(28,18-11-7-16(2)8-12-18)24(27)29-19-13-20-22-23(30-22)21(14-19)26(20,3)4/h5-12,19-23,28H,13-14H2,1-4H3/q+1/t19?,20-,21?,22-,23?/m0/s1. The van der Waals surface area contributed by atoms with Gasteiger partial charge in [0.05, 0.1) is 14.1 Å². The van der Waals surface area contributed by atoms with Crippen molar-refractivity contribution in [2.45, 2.75) is 62.7 Å². The number of hydrogen-bond acceptors (Lipinski definition) is 4. The first kappa shape index (κ1) is 19.7. The van der Waals surface area contributed by atoms with Crippen LogP contribution in [0, 0.1) is 13.8 Å². The van der Waals surface area contributed by atoms with Gasteiger partial charge in [-0.1, -0.05) is 59.7 Å². The number of carbonyl (C=O) groups excluding carboxylic acids is 1. The minimum Gasteiger partial charge on any atom is -0.459 e. The van der Waals surface area contributed by atoms with E-state index < -0.39 is 11.6 Å². The molecule has 3 heterocycles. The first-order valence-electron chi connectivity index (χ1n) is 10.8. The largest absolute Gasteiger partial charge is 0.459 e. The summed E-state index contributed by atoms with van der Waals surface area (Å²) in [5.74, 6) is -0.596. The van der Waals surface area contributed by atoms with E-state index in [0.29, 0.717) is 35.4 Å². The van der Waals surface area contributed by atoms with Gasteiger partial charge in [-0.05, 0) is 25.0 Å². The highest BCUT2D eigenvalue weighted by Crippen LogP contribution is 2.51. The van der Waals surface area contributed by atoms with E-state index in [9.17, 15) is 9.90 Å². The second-order valence-corrected chi connectivity index (χ2v) is 9.77. The average Bonchev–Trinajstić information content (AvgIpc) is 3.47. The Morgan fingerprint density at radius 2 is 1.37 bits per heavy atom. The first-order valence-corrected chi connectivity index (χ1v) is 10.8. The van der Waals surface area contributed by atoms with Crippen LogP contribution < -0.4 is 0 Å². The Morgan fingerprint density at radius 3 is 1.80 bits per heavy atom. The summed E-state index contributed by atoms with van der Waals surface area (Å²) < 4.78 is 12.8. The predicted octanol–water partition coefficient (Wildman–Crippen LogP) is 2.84. The molecular formula is C25H30NO4+. The lowest BCUT2D eigenvalue weighted by molar-refractivity contribution is -0.938. The third kappa shape index (κ3) is 2.91. The van der Waals surface area contributed by atoms with E-state index >= 15 is 0 Å². The highest BCUT2D eigenvalue weighted by Gasteiger charge is 2.70. The number of aryl methyl sites for hydroxylation is 2. The fraction of sp³-hybridized carbons (Fsp3) is 0.480. The molecule has 5 atom stereocenters. The average molecular weight is 409 g/mol. The SMILES string of the molecule is Cc1ccc(C(O)(C(=O)OC2CC3C4O[C@H]4[C@H](C2)[N+]3(C)C)c2ccc(C)cc2)cc1. The van der Waals surface area contributed by atoms with Crippen LogP contribution in [0.1, 0.15) is 35.1 Å². The van der Waals surface area contributed by atoms with Crippen LogP contribution >= 0.6 is 0 Å². The fourth-order valence-corrected chi connectivity index (χ4v) is 5.53. The van der Waals surface area contributed by atoms with Crippen LogP contribution in [0.5, 0.6) is 0 Å². The number of epoxide rings is 1. The van der Waals surface area contributed by atoms with Gasteiger partial charge in [-0.3, -0.25) is 0 Å². The van der Waals surface area contributed by atoms with Crippen LogP contribution in [0.25, 0.3) is 0 Å². The van der Waals surface area contributed by atoms with Gasteiger partial charge in [0.2, 0.25) is 5.60 Å². The Hall–Kier alpha value is -2.21. The van der Waals surface area contributed by atoms with Crippen molar-refractivity contribution in [2.75, 3.05) is 14.1 Å². The van der Waals surface area contributed by atoms with Crippen molar-refractivity contribution >= 4 is 5.97 Å². The van der Waals surface area contributed by atoms with E-state index in [4.69, 9.17) is 9.47 Å². The van der Waals surface area contributed by atoms with Gasteiger partial charge >= 0.3 is 5.97 Å². The number of rotatable bonds is 4. The topological polar surface area (TPSA) is 59.1 Å². The number of morpholine rings is 1. The van der Waals surface area contributed by atoms with Gasteiger partial charge in [0.15, 0.2) is 0 Å². The van der Waals surface area contributed by atoms with Crippen LogP contribution in [-0.4, -0.2) is 60.0 Å². The second kappa shape index (κ2) is 6.64. The summed E-state index contributed by atoms with van der Waals surface area (Å²) in [7, 11) is 4.50. The van der Waals surface area contributed by atoms with Crippen LogP contribution in [0.2, 0.25) is 0 Å². The second-order valence-electron chi connectivity index (χ2n) is 9.77. The number of hydrogen-bond donors (Lipinski definition) is 1. The van der Waals surface area contributed by atoms with Crippen molar-refractivity contribution in [3.05, 3.63) is 70.8 Å². The van der Waals surface area contributed by atoms with Crippen molar-refractivity contribution in [1.29, 1.82) is 0 Å². The number of likely N-dealkylation sites (N-methyl/N-ethyl adjacent to an activating group) is 1. The van der Waals surface area contributed by atoms with E-state index in [1.807, 2.05) is 62.4 Å². The van der Waals surface area contributed by atoms with Crippen molar-refractivity contribution in [1.82, 2.24) is 0 Å². The summed E-state index contributed by atoms with van der Waals surface area (Å²) in [6, 6.07) is 15.6. The first-order chi connectivity index (χ1) is 14.2. The molecule has 3 saturated heterocycles. The lowest BCUT2D eigenvalue weighted by atomic mass is 9.85. The molecule has 2 bridgehead atoms. The summed E-state index contributed by atoms with van der Waals surface area (Å²) in [4.78, 5) is 13.5. The predicted molar refractivity (Wildman–Crippen MR) is 113 cm³/mol. The minimum absolute atomic E-state index is 0.197. The number of esters is 1. The molecule has 2 aromatic rings. The lowest BCUT2D eigenvalue weighted by Gasteiger charge is -2.45. The zero-order valence-electron chi connectivity index (χ0n) is 18.0. The van der Waals surface area contributed by atoms with E-state index in [1.165, 1.54) is 0 Å². The van der Waals surface area contributed by atoms with Gasteiger partial charge in [0, 0.05) is 12.8 Å². The molecular weight excluding hydrogens is 378 g/mol. The summed E-state index contributed by atoms with van der Waals surface area (Å²) in [6.45, 7) is 3.97. The van der Waals surface area contributed by atoms with Gasteiger partial charge in [-0.2, -0.15) is 0 Å². The molecule has 30 heavy (non-hydrogen) atoms. The Labute approximate surface area is 177 Å². The smallest absolute Gasteiger partial charge is 0.347 e. The summed E-state index contributed by atoms with van der Waals surface area (Å²) in [5, 5.41) is 11.7. The number of nitrogens with zero attached hydrogens (tertiary/aromatic N) is 1. The van der Waals surface area contributed by atoms with E-state index in [-0.39, 0.29) is 6.10 Å². The Bertz CT molecular complexity index is 900. The molecule has 5 nitrogen and oxygen atoms in total. The maximum atomic E-state index is 13.5. The zero-order chi connectivity index (χ0) is 21.3. The Kier molecular flexibility index (Phi) is 4.37. The van der Waals surface area contributed by atoms with Gasteiger partial charge in [0.1, 0.15) is 30.4 Å². The molecule has 0 radical (unpaired) electrons. The van der Waals surface area contributed by atoms with Gasteiger partial charge in [-0.25, -0.2) is 4.79 Å². The number of fused-ring (bicyclic) bond motifs is 5. The molecule has 1 N–H and O–H groups in total. The van der Waals surface area contributed by atoms with Gasteiger partial charge in [-0.15, -0.1) is 0 Å². The Balaban J connectivity index is 1.44. The number of ether oxygens (including phenoxy) is 2. The molecule has 0 aliphatic carbocycles. The van der Waals surface area contributed by atoms with Crippen molar-refractivity contribution in [2.24, 2.45) is 0 Å². The highest BCUT2D eigenvalue weighted by atomic mass is 16.6. The number of benzene rings is 2. The quantitative estimate of drug-likeness (QED) is 0.480. The number of piperidine rings is 1. The molecule has 0 spiro atoms. The van der Waals surface area contributed by atoms with Gasteiger partial charge < -0.3 is 19.1 Å². The van der Waals surface area contributed by atoms with Crippen LogP contribution in [-0.2, 0) is 19.9 Å². The monoisotopic (exact) mass is 408 g/mol.